The fourth-order valence-corrected chi connectivity index (χ4v) is 3.19. The number of hydrogen-bond donors (Lipinski definition) is 1. The van der Waals surface area contributed by atoms with Gasteiger partial charge in [-0.2, -0.15) is 0 Å². The van der Waals surface area contributed by atoms with Crippen LogP contribution in [0, 0.1) is 5.82 Å². The summed E-state index contributed by atoms with van der Waals surface area (Å²) in [5, 5.41) is 0. The van der Waals surface area contributed by atoms with Gasteiger partial charge < -0.3 is 15.0 Å². The van der Waals surface area contributed by atoms with Crippen LogP contribution in [0.2, 0.25) is 0 Å². The molecule has 1 aliphatic rings. The second kappa shape index (κ2) is 4.76. The van der Waals surface area contributed by atoms with E-state index in [4.69, 9.17) is 10.5 Å². The Morgan fingerprint density at radius 3 is 2.95 bits per heavy atom. The van der Waals surface area contributed by atoms with E-state index in [2.05, 4.69) is 20.9 Å². The van der Waals surface area contributed by atoms with Crippen molar-refractivity contribution < 1.29 is 9.13 Å². The first-order chi connectivity index (χ1) is 9.10. The highest BCUT2D eigenvalue weighted by Gasteiger charge is 2.28. The molecule has 0 radical (unpaired) electrons. The zero-order valence-corrected chi connectivity index (χ0v) is 12.2. The lowest BCUT2D eigenvalue weighted by Crippen LogP contribution is -2.11. The Morgan fingerprint density at radius 1 is 1.47 bits per heavy atom. The molecule has 0 bridgehead atoms. The number of nitrogen functional groups attached to an aromatic ring is 1. The molecule has 1 aliphatic carbocycles. The van der Waals surface area contributed by atoms with Crippen LogP contribution in [-0.4, -0.2) is 22.8 Å². The van der Waals surface area contributed by atoms with Gasteiger partial charge in [0.1, 0.15) is 5.82 Å². The molecule has 0 amide bonds. The molecule has 2 N–H and O–H groups in total. The summed E-state index contributed by atoms with van der Waals surface area (Å²) in [6.07, 6.45) is 3.12. The summed E-state index contributed by atoms with van der Waals surface area (Å²) >= 11 is 3.17. The van der Waals surface area contributed by atoms with Crippen molar-refractivity contribution in [2.24, 2.45) is 0 Å². The molecule has 2 unspecified atom stereocenters. The van der Waals surface area contributed by atoms with Crippen molar-refractivity contribution in [3.63, 3.8) is 0 Å². The van der Waals surface area contributed by atoms with Crippen molar-refractivity contribution >= 4 is 32.9 Å². The van der Waals surface area contributed by atoms with Gasteiger partial charge in [0.15, 0.2) is 0 Å². The highest BCUT2D eigenvalue weighted by Crippen LogP contribution is 2.36. The molecule has 1 heterocycles. The Morgan fingerprint density at radius 2 is 2.26 bits per heavy atom. The van der Waals surface area contributed by atoms with Crippen LogP contribution in [-0.2, 0) is 4.74 Å². The van der Waals surface area contributed by atoms with E-state index < -0.39 is 0 Å². The fourth-order valence-electron chi connectivity index (χ4n) is 2.86. The first-order valence-electron chi connectivity index (χ1n) is 6.25. The highest BCUT2D eigenvalue weighted by molar-refractivity contribution is 9.10. The van der Waals surface area contributed by atoms with E-state index in [0.29, 0.717) is 15.9 Å². The number of benzene rings is 1. The monoisotopic (exact) mass is 327 g/mol. The molecule has 1 aromatic heterocycles. The molecule has 1 saturated carbocycles. The van der Waals surface area contributed by atoms with Gasteiger partial charge in [0, 0.05) is 19.2 Å². The van der Waals surface area contributed by atoms with Gasteiger partial charge in [-0.1, -0.05) is 0 Å². The van der Waals surface area contributed by atoms with E-state index in [1.807, 2.05) is 4.57 Å². The number of methoxy groups -OCH3 is 1. The summed E-state index contributed by atoms with van der Waals surface area (Å²) in [6, 6.07) is 3.39. The number of nitrogens with zero attached hydrogens (tertiary/aromatic N) is 2. The molecule has 0 aliphatic heterocycles. The van der Waals surface area contributed by atoms with Gasteiger partial charge >= 0.3 is 0 Å². The van der Waals surface area contributed by atoms with Gasteiger partial charge in [-0.15, -0.1) is 0 Å². The number of ether oxygens (including phenoxy) is 1. The predicted octanol–water partition coefficient (Wildman–Crippen LogP) is 3.26. The lowest BCUT2D eigenvalue weighted by molar-refractivity contribution is 0.106. The first-order valence-corrected chi connectivity index (χ1v) is 7.04. The van der Waals surface area contributed by atoms with E-state index in [1.165, 1.54) is 6.07 Å². The summed E-state index contributed by atoms with van der Waals surface area (Å²) in [6.45, 7) is 0. The number of hydrogen-bond acceptors (Lipinski definition) is 3. The lowest BCUT2D eigenvalue weighted by Gasteiger charge is -2.15. The van der Waals surface area contributed by atoms with Crippen LogP contribution < -0.4 is 5.73 Å². The summed E-state index contributed by atoms with van der Waals surface area (Å²) in [4.78, 5) is 4.31. The van der Waals surface area contributed by atoms with Gasteiger partial charge in [-0.3, -0.25) is 0 Å². The maximum absolute atomic E-state index is 13.7. The molecule has 0 spiro atoms. The first kappa shape index (κ1) is 12.9. The SMILES string of the molecule is COC1CCC(n2c(N)nc3cc(Br)c(F)cc32)C1. The van der Waals surface area contributed by atoms with E-state index >= 15 is 0 Å². The maximum atomic E-state index is 13.7. The van der Waals surface area contributed by atoms with Crippen LogP contribution >= 0.6 is 15.9 Å². The third-order valence-corrected chi connectivity index (χ3v) is 4.42. The van der Waals surface area contributed by atoms with Crippen molar-refractivity contribution in [1.29, 1.82) is 0 Å². The molecule has 4 nitrogen and oxygen atoms in total. The average molecular weight is 328 g/mol. The Hall–Kier alpha value is -1.14. The predicted molar refractivity (Wildman–Crippen MR) is 75.5 cm³/mol. The summed E-state index contributed by atoms with van der Waals surface area (Å²) in [5.74, 6) is 0.143. The van der Waals surface area contributed by atoms with Gasteiger partial charge in [0.2, 0.25) is 5.95 Å². The highest BCUT2D eigenvalue weighted by atomic mass is 79.9. The van der Waals surface area contributed by atoms with Gasteiger partial charge in [0.25, 0.3) is 0 Å². The molecule has 1 fully saturated rings. The van der Waals surface area contributed by atoms with Crippen LogP contribution in [0.5, 0.6) is 0 Å². The number of rotatable bonds is 2. The van der Waals surface area contributed by atoms with Crippen LogP contribution in [0.15, 0.2) is 16.6 Å². The molecule has 2 atom stereocenters. The molecule has 3 rings (SSSR count). The molecule has 2 aromatic rings. The largest absolute Gasteiger partial charge is 0.381 e. The second-order valence-electron chi connectivity index (χ2n) is 4.92. The zero-order valence-electron chi connectivity index (χ0n) is 10.6. The van der Waals surface area contributed by atoms with Gasteiger partial charge in [-0.05, 0) is 41.3 Å². The van der Waals surface area contributed by atoms with Crippen molar-refractivity contribution in [3.05, 3.63) is 22.4 Å². The van der Waals surface area contributed by atoms with E-state index in [-0.39, 0.29) is 18.0 Å². The third-order valence-electron chi connectivity index (χ3n) is 3.81. The molecule has 1 aromatic carbocycles. The van der Waals surface area contributed by atoms with Gasteiger partial charge in [-0.25, -0.2) is 9.37 Å². The normalized spacial score (nSPS) is 23.3. The Labute approximate surface area is 118 Å². The van der Waals surface area contributed by atoms with Gasteiger partial charge in [0.05, 0.1) is 21.6 Å². The summed E-state index contributed by atoms with van der Waals surface area (Å²) in [7, 11) is 1.72. The van der Waals surface area contributed by atoms with Crippen LogP contribution in [0.25, 0.3) is 11.0 Å². The molecular weight excluding hydrogens is 313 g/mol. The van der Waals surface area contributed by atoms with Crippen LogP contribution in [0.4, 0.5) is 10.3 Å². The van der Waals surface area contributed by atoms with E-state index in [0.717, 1.165) is 24.8 Å². The Balaban J connectivity index is 2.08. The topological polar surface area (TPSA) is 53.1 Å². The van der Waals surface area contributed by atoms with Crippen LogP contribution in [0.3, 0.4) is 0 Å². The minimum absolute atomic E-state index is 0.232. The minimum Gasteiger partial charge on any atom is -0.381 e. The Bertz CT molecular complexity index is 628. The molecule has 102 valence electrons. The van der Waals surface area contributed by atoms with E-state index in [1.54, 1.807) is 13.2 Å². The lowest BCUT2D eigenvalue weighted by atomic mass is 10.2. The quantitative estimate of drug-likeness (QED) is 0.921. The molecule has 0 saturated heterocycles. The van der Waals surface area contributed by atoms with Crippen LogP contribution in [0.1, 0.15) is 25.3 Å². The average Bonchev–Trinajstić information content (AvgIpc) is 2.94. The summed E-state index contributed by atoms with van der Waals surface area (Å²) in [5.41, 5.74) is 7.46. The number of aromatic nitrogens is 2. The number of nitrogens with two attached hydrogens (primary N) is 1. The van der Waals surface area contributed by atoms with Crippen molar-refractivity contribution in [2.45, 2.75) is 31.4 Å². The zero-order chi connectivity index (χ0) is 13.6. The molecule has 6 heteroatoms. The number of fused-ring (bicyclic) bond motifs is 1. The standard InChI is InChI=1S/C13H15BrFN3O/c1-19-8-3-2-7(4-8)18-12-6-10(15)9(14)5-11(12)17-13(18)16/h5-8H,2-4H2,1H3,(H2,16,17). The fraction of sp³-hybridized carbons (Fsp3) is 0.462. The van der Waals surface area contributed by atoms with Crippen molar-refractivity contribution in [3.8, 4) is 0 Å². The molecular formula is C13H15BrFN3O. The minimum atomic E-state index is -0.296. The number of anilines is 1. The maximum Gasteiger partial charge on any atom is 0.201 e. The number of halogens is 2. The van der Waals surface area contributed by atoms with Crippen molar-refractivity contribution in [1.82, 2.24) is 9.55 Å². The smallest absolute Gasteiger partial charge is 0.201 e. The third kappa shape index (κ3) is 2.12. The molecule has 19 heavy (non-hydrogen) atoms. The number of imidazole rings is 1. The van der Waals surface area contributed by atoms with Crippen molar-refractivity contribution in [2.75, 3.05) is 12.8 Å². The summed E-state index contributed by atoms with van der Waals surface area (Å²) < 4.78 is 21.4. The second-order valence-corrected chi connectivity index (χ2v) is 5.77. The Kier molecular flexibility index (Phi) is 3.22. The van der Waals surface area contributed by atoms with E-state index in [9.17, 15) is 4.39 Å².